The van der Waals surface area contributed by atoms with Gasteiger partial charge in [0, 0.05) is 22.5 Å². The third-order valence-electron chi connectivity index (χ3n) is 4.91. The Morgan fingerprint density at radius 1 is 1.04 bits per heavy atom. The maximum Gasteiger partial charge on any atom is 0.183 e. The lowest BCUT2D eigenvalue weighted by atomic mass is 10.2. The molecular formula is C20H14Cl2N6. The van der Waals surface area contributed by atoms with Crippen LogP contribution in [0, 0.1) is 13.8 Å². The third-order valence-corrected chi connectivity index (χ3v) is 5.46. The van der Waals surface area contributed by atoms with Crippen LogP contribution in [-0.4, -0.2) is 29.1 Å². The minimum atomic E-state index is 0.508. The summed E-state index contributed by atoms with van der Waals surface area (Å²) in [6.07, 6.45) is 5.24. The molecule has 4 heterocycles. The van der Waals surface area contributed by atoms with Gasteiger partial charge in [-0.05, 0) is 49.7 Å². The molecule has 0 spiro atoms. The summed E-state index contributed by atoms with van der Waals surface area (Å²) in [5, 5.41) is 6.60. The summed E-state index contributed by atoms with van der Waals surface area (Å²) >= 11 is 12.4. The highest BCUT2D eigenvalue weighted by atomic mass is 35.5. The zero-order valence-electron chi connectivity index (χ0n) is 15.1. The van der Waals surface area contributed by atoms with E-state index in [-0.39, 0.29) is 0 Å². The van der Waals surface area contributed by atoms with Crippen LogP contribution >= 0.6 is 23.2 Å². The van der Waals surface area contributed by atoms with Crippen molar-refractivity contribution in [3.05, 3.63) is 70.4 Å². The van der Waals surface area contributed by atoms with Gasteiger partial charge in [0.25, 0.3) is 0 Å². The number of hydrogen-bond acceptors (Lipinski definition) is 4. The smallest absolute Gasteiger partial charge is 0.183 e. The highest BCUT2D eigenvalue weighted by Gasteiger charge is 2.20. The molecule has 0 aliphatic rings. The lowest BCUT2D eigenvalue weighted by molar-refractivity contribution is 0.926. The van der Waals surface area contributed by atoms with E-state index in [2.05, 4.69) is 33.5 Å². The summed E-state index contributed by atoms with van der Waals surface area (Å²) in [5.74, 6) is 0.530. The first-order valence-electron chi connectivity index (χ1n) is 8.63. The quantitative estimate of drug-likeness (QED) is 0.409. The van der Waals surface area contributed by atoms with E-state index in [4.69, 9.17) is 28.2 Å². The second-order valence-electron chi connectivity index (χ2n) is 6.53. The van der Waals surface area contributed by atoms with Gasteiger partial charge in [0.2, 0.25) is 0 Å². The summed E-state index contributed by atoms with van der Waals surface area (Å²) < 4.78 is 3.77. The minimum absolute atomic E-state index is 0.508. The standard InChI is InChI=1S/C20H14Cl2N6/c1-11-12(2)28(14-4-3-7-23-9-14)19-17(11)20-25-18(26-27(20)10-24-19)15-6-5-13(21)8-16(15)22/h3-10H,1-2H3. The number of benzene rings is 1. The first kappa shape index (κ1) is 17.2. The zero-order valence-corrected chi connectivity index (χ0v) is 16.6. The van der Waals surface area contributed by atoms with Gasteiger partial charge >= 0.3 is 0 Å². The molecule has 1 aromatic carbocycles. The Hall–Kier alpha value is -2.96. The van der Waals surface area contributed by atoms with Crippen LogP contribution in [0.5, 0.6) is 0 Å². The third kappa shape index (κ3) is 2.49. The summed E-state index contributed by atoms with van der Waals surface area (Å²) in [6.45, 7) is 4.13. The number of aryl methyl sites for hydroxylation is 1. The molecule has 0 saturated heterocycles. The van der Waals surface area contributed by atoms with Gasteiger partial charge in [0.1, 0.15) is 6.33 Å². The van der Waals surface area contributed by atoms with E-state index >= 15 is 0 Å². The van der Waals surface area contributed by atoms with Crippen molar-refractivity contribution in [3.8, 4) is 17.1 Å². The van der Waals surface area contributed by atoms with Gasteiger partial charge in [0.05, 0.1) is 22.3 Å². The van der Waals surface area contributed by atoms with Crippen molar-refractivity contribution in [3.63, 3.8) is 0 Å². The molecule has 6 nitrogen and oxygen atoms in total. The molecule has 0 aliphatic heterocycles. The number of pyridine rings is 1. The predicted octanol–water partition coefficient (Wildman–Crippen LogP) is 5.05. The van der Waals surface area contributed by atoms with Crippen LogP contribution in [0.15, 0.2) is 49.1 Å². The average Bonchev–Trinajstić information content (AvgIpc) is 3.22. The van der Waals surface area contributed by atoms with Crippen molar-refractivity contribution in [1.82, 2.24) is 29.1 Å². The maximum atomic E-state index is 6.35. The number of nitrogens with zero attached hydrogens (tertiary/aromatic N) is 6. The molecule has 0 radical (unpaired) electrons. The molecule has 5 aromatic rings. The Bertz CT molecular complexity index is 1350. The average molecular weight is 409 g/mol. The van der Waals surface area contributed by atoms with E-state index in [0.717, 1.165) is 39.2 Å². The number of halogens is 2. The van der Waals surface area contributed by atoms with Crippen LogP contribution in [0.3, 0.4) is 0 Å². The largest absolute Gasteiger partial charge is 0.297 e. The van der Waals surface area contributed by atoms with Crippen LogP contribution in [0.2, 0.25) is 10.0 Å². The summed E-state index contributed by atoms with van der Waals surface area (Å²) in [4.78, 5) is 13.7. The van der Waals surface area contributed by atoms with Gasteiger partial charge in [0.15, 0.2) is 17.1 Å². The summed E-state index contributed by atoms with van der Waals surface area (Å²) in [5.41, 5.74) is 5.40. The molecule has 0 bridgehead atoms. The fourth-order valence-electron chi connectivity index (χ4n) is 3.45. The minimum Gasteiger partial charge on any atom is -0.297 e. The zero-order chi connectivity index (χ0) is 19.4. The molecule has 138 valence electrons. The van der Waals surface area contributed by atoms with E-state index in [1.807, 2.05) is 24.4 Å². The van der Waals surface area contributed by atoms with Gasteiger partial charge in [-0.3, -0.25) is 9.55 Å². The normalized spacial score (nSPS) is 11.6. The van der Waals surface area contributed by atoms with Gasteiger partial charge in [-0.15, -0.1) is 5.10 Å². The van der Waals surface area contributed by atoms with Crippen molar-refractivity contribution >= 4 is 39.9 Å². The fraction of sp³-hybridized carbons (Fsp3) is 0.100. The lowest BCUT2D eigenvalue weighted by Crippen LogP contribution is -1.99. The molecule has 0 saturated carbocycles. The van der Waals surface area contributed by atoms with Gasteiger partial charge < -0.3 is 0 Å². The number of rotatable bonds is 2. The Morgan fingerprint density at radius 2 is 1.89 bits per heavy atom. The second kappa shape index (κ2) is 6.29. The predicted molar refractivity (Wildman–Crippen MR) is 110 cm³/mol. The van der Waals surface area contributed by atoms with E-state index in [9.17, 15) is 0 Å². The lowest BCUT2D eigenvalue weighted by Gasteiger charge is -2.06. The molecule has 0 unspecified atom stereocenters. The molecule has 4 aromatic heterocycles. The van der Waals surface area contributed by atoms with Gasteiger partial charge in [-0.1, -0.05) is 23.2 Å². The van der Waals surface area contributed by atoms with Crippen molar-refractivity contribution in [2.45, 2.75) is 13.8 Å². The van der Waals surface area contributed by atoms with Crippen molar-refractivity contribution in [2.24, 2.45) is 0 Å². The summed E-state index contributed by atoms with van der Waals surface area (Å²) in [6, 6.07) is 9.20. The monoisotopic (exact) mass is 408 g/mol. The molecule has 0 amide bonds. The molecule has 0 N–H and O–H groups in total. The fourth-order valence-corrected chi connectivity index (χ4v) is 3.94. The van der Waals surface area contributed by atoms with Crippen molar-refractivity contribution in [2.75, 3.05) is 0 Å². The number of aromatic nitrogens is 6. The Morgan fingerprint density at radius 3 is 2.64 bits per heavy atom. The maximum absolute atomic E-state index is 6.35. The Balaban J connectivity index is 1.80. The number of fused-ring (bicyclic) bond motifs is 3. The SMILES string of the molecule is Cc1c(C)n(-c2cccnc2)c2ncn3nc(-c4ccc(Cl)cc4Cl)nc3c12. The first-order chi connectivity index (χ1) is 13.5. The second-order valence-corrected chi connectivity index (χ2v) is 7.37. The Kier molecular flexibility index (Phi) is 3.86. The molecule has 28 heavy (non-hydrogen) atoms. The van der Waals surface area contributed by atoms with E-state index in [1.54, 1.807) is 29.2 Å². The molecular weight excluding hydrogens is 395 g/mol. The van der Waals surface area contributed by atoms with Gasteiger partial charge in [-0.2, -0.15) is 0 Å². The van der Waals surface area contributed by atoms with Crippen molar-refractivity contribution < 1.29 is 0 Å². The topological polar surface area (TPSA) is 60.9 Å². The van der Waals surface area contributed by atoms with Crippen LogP contribution in [0.4, 0.5) is 0 Å². The van der Waals surface area contributed by atoms with Crippen LogP contribution in [0.1, 0.15) is 11.3 Å². The summed E-state index contributed by atoms with van der Waals surface area (Å²) in [7, 11) is 0. The first-order valence-corrected chi connectivity index (χ1v) is 9.39. The van der Waals surface area contributed by atoms with E-state index in [1.165, 1.54) is 0 Å². The number of hydrogen-bond donors (Lipinski definition) is 0. The van der Waals surface area contributed by atoms with Crippen LogP contribution < -0.4 is 0 Å². The molecule has 0 atom stereocenters. The van der Waals surface area contributed by atoms with Crippen LogP contribution in [0.25, 0.3) is 33.8 Å². The van der Waals surface area contributed by atoms with Crippen LogP contribution in [-0.2, 0) is 0 Å². The molecule has 0 fully saturated rings. The van der Waals surface area contributed by atoms with E-state index < -0.39 is 0 Å². The van der Waals surface area contributed by atoms with Crippen molar-refractivity contribution in [1.29, 1.82) is 0 Å². The Labute approximate surface area is 170 Å². The molecule has 5 rings (SSSR count). The van der Waals surface area contributed by atoms with E-state index in [0.29, 0.717) is 15.9 Å². The molecule has 0 aliphatic carbocycles. The van der Waals surface area contributed by atoms with Gasteiger partial charge in [-0.25, -0.2) is 14.5 Å². The highest BCUT2D eigenvalue weighted by Crippen LogP contribution is 2.32. The highest BCUT2D eigenvalue weighted by molar-refractivity contribution is 6.36. The molecule has 8 heteroatoms.